The van der Waals surface area contributed by atoms with Crippen LogP contribution in [0.25, 0.3) is 0 Å². The number of carbonyl (C=O) groups is 2. The molecule has 3 heteroatoms. The minimum Gasteiger partial charge on any atom is -0.299 e. The lowest BCUT2D eigenvalue weighted by Gasteiger charge is -2.21. The molecule has 122 valence electrons. The molecule has 1 aromatic rings. The molecule has 1 aromatic carbocycles. The van der Waals surface area contributed by atoms with Crippen molar-refractivity contribution in [3.8, 4) is 0 Å². The zero-order valence-electron chi connectivity index (χ0n) is 14.6. The van der Waals surface area contributed by atoms with E-state index in [9.17, 15) is 9.59 Å². The Morgan fingerprint density at radius 1 is 1.05 bits per heavy atom. The van der Waals surface area contributed by atoms with Gasteiger partial charge in [-0.1, -0.05) is 76.2 Å². The van der Waals surface area contributed by atoms with Gasteiger partial charge in [0.25, 0.3) is 0 Å². The molecule has 22 heavy (non-hydrogen) atoms. The number of carbonyl (C=O) groups excluding carboxylic acids is 2. The minimum atomic E-state index is -0.0863. The summed E-state index contributed by atoms with van der Waals surface area (Å²) in [6.45, 7) is 12.0. The number of aryl methyl sites for hydroxylation is 1. The summed E-state index contributed by atoms with van der Waals surface area (Å²) in [5.41, 5.74) is 2.27. The van der Waals surface area contributed by atoms with Crippen LogP contribution in [-0.4, -0.2) is 15.6 Å². The van der Waals surface area contributed by atoms with E-state index >= 15 is 0 Å². The molecule has 0 N–H and O–H groups in total. The second kappa shape index (κ2) is 7.96. The van der Waals surface area contributed by atoms with Crippen LogP contribution in [0.2, 0.25) is 0 Å². The average Bonchev–Trinajstić information content (AvgIpc) is 2.36. The van der Waals surface area contributed by atoms with E-state index in [1.807, 2.05) is 65.8 Å². The van der Waals surface area contributed by atoms with Crippen molar-refractivity contribution in [3.05, 3.63) is 35.4 Å². The molecule has 0 aliphatic carbocycles. The van der Waals surface area contributed by atoms with Crippen LogP contribution in [0.5, 0.6) is 0 Å². The molecule has 0 amide bonds. The van der Waals surface area contributed by atoms with E-state index in [2.05, 4.69) is 0 Å². The number of hydrogen-bond donors (Lipinski definition) is 0. The number of benzene rings is 1. The Morgan fingerprint density at radius 2 is 1.59 bits per heavy atom. The summed E-state index contributed by atoms with van der Waals surface area (Å²) in [4.78, 5) is 24.5. The summed E-state index contributed by atoms with van der Waals surface area (Å²) >= 11 is 1.37. The number of rotatable bonds is 6. The molecule has 1 rings (SSSR count). The molecule has 0 spiro atoms. The van der Waals surface area contributed by atoms with Crippen molar-refractivity contribution in [1.29, 1.82) is 0 Å². The molecule has 0 bridgehead atoms. The van der Waals surface area contributed by atoms with Crippen molar-refractivity contribution in [3.63, 3.8) is 0 Å². The average molecular weight is 320 g/mol. The third kappa shape index (κ3) is 6.78. The van der Waals surface area contributed by atoms with Gasteiger partial charge in [0.1, 0.15) is 5.78 Å². The van der Waals surface area contributed by atoms with Crippen LogP contribution in [0.4, 0.5) is 0 Å². The van der Waals surface area contributed by atoms with Crippen LogP contribution in [0.3, 0.4) is 0 Å². The van der Waals surface area contributed by atoms with E-state index in [4.69, 9.17) is 0 Å². The topological polar surface area (TPSA) is 34.1 Å². The zero-order chi connectivity index (χ0) is 16.9. The smallest absolute Gasteiger partial charge is 0.190 e. The molecule has 0 unspecified atom stereocenters. The van der Waals surface area contributed by atoms with Crippen molar-refractivity contribution in [2.45, 2.75) is 65.0 Å². The van der Waals surface area contributed by atoms with Gasteiger partial charge in [-0.2, -0.15) is 0 Å². The number of hydrogen-bond acceptors (Lipinski definition) is 3. The second-order valence-corrected chi connectivity index (χ2v) is 9.11. The SMILES string of the molecule is Cc1ccc([C@H](CC(=O)SC(C)(C)C)CC(=O)C(C)C)cc1. The normalized spacial score (nSPS) is 13.2. The van der Waals surface area contributed by atoms with Crippen LogP contribution in [0, 0.1) is 12.8 Å². The van der Waals surface area contributed by atoms with Crippen LogP contribution in [-0.2, 0) is 9.59 Å². The Bertz CT molecular complexity index is 509. The van der Waals surface area contributed by atoms with E-state index in [0.29, 0.717) is 12.8 Å². The van der Waals surface area contributed by atoms with Crippen LogP contribution in [0.15, 0.2) is 24.3 Å². The monoisotopic (exact) mass is 320 g/mol. The Kier molecular flexibility index (Phi) is 6.86. The molecule has 0 fully saturated rings. The summed E-state index contributed by atoms with van der Waals surface area (Å²) in [5, 5.41) is 0.162. The van der Waals surface area contributed by atoms with Gasteiger partial charge in [0.15, 0.2) is 5.12 Å². The van der Waals surface area contributed by atoms with Crippen molar-refractivity contribution in [1.82, 2.24) is 0 Å². The van der Waals surface area contributed by atoms with Crippen molar-refractivity contribution < 1.29 is 9.59 Å². The fourth-order valence-electron chi connectivity index (χ4n) is 2.21. The zero-order valence-corrected chi connectivity index (χ0v) is 15.4. The predicted octanol–water partition coefficient (Wildman–Crippen LogP) is 5.14. The number of ketones is 1. The lowest BCUT2D eigenvalue weighted by atomic mass is 9.88. The lowest BCUT2D eigenvalue weighted by Crippen LogP contribution is -2.17. The molecule has 2 nitrogen and oxygen atoms in total. The summed E-state index contributed by atoms with van der Waals surface area (Å²) in [6.07, 6.45) is 0.862. The highest BCUT2D eigenvalue weighted by molar-refractivity contribution is 8.14. The van der Waals surface area contributed by atoms with Gasteiger partial charge in [0.2, 0.25) is 0 Å². The van der Waals surface area contributed by atoms with Gasteiger partial charge in [0.05, 0.1) is 0 Å². The third-order valence-corrected chi connectivity index (χ3v) is 4.48. The Morgan fingerprint density at radius 3 is 2.05 bits per heavy atom. The van der Waals surface area contributed by atoms with Crippen molar-refractivity contribution in [2.24, 2.45) is 5.92 Å². The second-order valence-electron chi connectivity index (χ2n) is 7.22. The summed E-state index contributed by atoms with van der Waals surface area (Å²) in [5.74, 6) is 0.218. The van der Waals surface area contributed by atoms with Gasteiger partial charge >= 0.3 is 0 Å². The van der Waals surface area contributed by atoms with Crippen molar-refractivity contribution in [2.75, 3.05) is 0 Å². The standard InChI is InChI=1S/C19H28O2S/c1-13(2)17(20)11-16(12-18(21)22-19(4,5)6)15-9-7-14(3)8-10-15/h7-10,13,16H,11-12H2,1-6H3/t16-/m0/s1. The first-order valence-electron chi connectivity index (χ1n) is 7.89. The van der Waals surface area contributed by atoms with Crippen LogP contribution in [0.1, 0.15) is 64.5 Å². The first-order chi connectivity index (χ1) is 10.1. The summed E-state index contributed by atoms with van der Waals surface area (Å²) in [7, 11) is 0. The fourth-order valence-corrected chi connectivity index (χ4v) is 3.18. The van der Waals surface area contributed by atoms with E-state index in [1.54, 1.807) is 0 Å². The van der Waals surface area contributed by atoms with Crippen molar-refractivity contribution >= 4 is 22.7 Å². The Labute approximate surface area is 139 Å². The highest BCUT2D eigenvalue weighted by atomic mass is 32.2. The first kappa shape index (κ1) is 19.0. The molecule has 0 aliphatic rings. The molecule has 0 radical (unpaired) electrons. The molecule has 0 saturated heterocycles. The summed E-state index contributed by atoms with van der Waals surface area (Å²) < 4.78 is -0.0863. The molecule has 0 aliphatic heterocycles. The number of Topliss-reactive ketones (excluding diaryl/α,β-unsaturated/α-hetero) is 1. The first-order valence-corrected chi connectivity index (χ1v) is 8.71. The Balaban J connectivity index is 2.89. The maximum absolute atomic E-state index is 12.3. The van der Waals surface area contributed by atoms with Crippen LogP contribution >= 0.6 is 11.8 Å². The van der Waals surface area contributed by atoms with E-state index in [-0.39, 0.29) is 27.5 Å². The van der Waals surface area contributed by atoms with E-state index in [0.717, 1.165) is 5.56 Å². The molecular weight excluding hydrogens is 292 g/mol. The van der Waals surface area contributed by atoms with E-state index in [1.165, 1.54) is 17.3 Å². The highest BCUT2D eigenvalue weighted by Gasteiger charge is 2.24. The fraction of sp³-hybridized carbons (Fsp3) is 0.579. The Hall–Kier alpha value is -1.09. The van der Waals surface area contributed by atoms with E-state index < -0.39 is 0 Å². The quantitative estimate of drug-likeness (QED) is 0.727. The molecule has 0 heterocycles. The maximum atomic E-state index is 12.3. The van der Waals surface area contributed by atoms with Gasteiger partial charge in [-0.3, -0.25) is 9.59 Å². The van der Waals surface area contributed by atoms with Gasteiger partial charge in [0, 0.05) is 23.5 Å². The molecule has 1 atom stereocenters. The molecular formula is C19H28O2S. The minimum absolute atomic E-state index is 0.0123. The van der Waals surface area contributed by atoms with Gasteiger partial charge < -0.3 is 0 Å². The maximum Gasteiger partial charge on any atom is 0.190 e. The van der Waals surface area contributed by atoms with Gasteiger partial charge in [-0.15, -0.1) is 0 Å². The number of thioether (sulfide) groups is 1. The highest BCUT2D eigenvalue weighted by Crippen LogP contribution is 2.32. The third-order valence-electron chi connectivity index (χ3n) is 3.47. The molecule has 0 aromatic heterocycles. The summed E-state index contributed by atoms with van der Waals surface area (Å²) in [6, 6.07) is 8.18. The van der Waals surface area contributed by atoms with Crippen LogP contribution < -0.4 is 0 Å². The van der Waals surface area contributed by atoms with Gasteiger partial charge in [-0.05, 0) is 18.4 Å². The predicted molar refractivity (Wildman–Crippen MR) is 95.4 cm³/mol. The van der Waals surface area contributed by atoms with Gasteiger partial charge in [-0.25, -0.2) is 0 Å². The molecule has 0 saturated carbocycles. The lowest BCUT2D eigenvalue weighted by molar-refractivity contribution is -0.122. The largest absolute Gasteiger partial charge is 0.299 e.